The molecule has 2 aromatic heterocycles. The van der Waals surface area contributed by atoms with Crippen molar-refractivity contribution in [2.24, 2.45) is 0 Å². The topological polar surface area (TPSA) is 55.1 Å². The van der Waals surface area contributed by atoms with Crippen LogP contribution in [0, 0.1) is 6.92 Å². The summed E-state index contributed by atoms with van der Waals surface area (Å²) in [6.45, 7) is 1.91. The van der Waals surface area contributed by atoms with E-state index in [1.165, 1.54) is 25.7 Å². The van der Waals surface area contributed by atoms with Gasteiger partial charge in [0.1, 0.15) is 11.5 Å². The molecule has 1 N–H and O–H groups in total. The number of hydrogen-bond donors (Lipinski definition) is 1. The first-order valence-electron chi connectivity index (χ1n) is 9.48. The van der Waals surface area contributed by atoms with Gasteiger partial charge in [-0.1, -0.05) is 43.9 Å². The molecule has 0 unspecified atom stereocenters. The molecule has 1 saturated carbocycles. The molecule has 0 aliphatic heterocycles. The molecule has 2 heterocycles. The van der Waals surface area contributed by atoms with Gasteiger partial charge in [0, 0.05) is 11.4 Å². The molecule has 0 bridgehead atoms. The van der Waals surface area contributed by atoms with Gasteiger partial charge in [0.2, 0.25) is 0 Å². The number of pyridine rings is 1. The predicted molar refractivity (Wildman–Crippen MR) is 103 cm³/mol. The van der Waals surface area contributed by atoms with E-state index in [0.29, 0.717) is 17.0 Å². The van der Waals surface area contributed by atoms with E-state index >= 15 is 0 Å². The van der Waals surface area contributed by atoms with Gasteiger partial charge in [-0.2, -0.15) is 0 Å². The molecule has 4 heteroatoms. The Balaban J connectivity index is 1.71. The summed E-state index contributed by atoms with van der Waals surface area (Å²) in [7, 11) is 0. The molecule has 1 aliphatic rings. The fraction of sp³-hybridized carbons (Fsp3) is 0.364. The maximum atomic E-state index is 13.1. The Morgan fingerprint density at radius 1 is 1.08 bits per heavy atom. The average molecular weight is 348 g/mol. The molecule has 26 heavy (non-hydrogen) atoms. The van der Waals surface area contributed by atoms with Gasteiger partial charge in [-0.15, -0.1) is 0 Å². The molecule has 1 aliphatic carbocycles. The molecule has 0 spiro atoms. The van der Waals surface area contributed by atoms with E-state index in [4.69, 9.17) is 4.42 Å². The third kappa shape index (κ3) is 3.50. The van der Waals surface area contributed by atoms with Gasteiger partial charge in [-0.3, -0.25) is 4.79 Å². The number of carbonyl (C=O) groups is 1. The molecule has 4 rings (SSSR count). The predicted octanol–water partition coefficient (Wildman–Crippen LogP) is 5.26. The van der Waals surface area contributed by atoms with Crippen LogP contribution >= 0.6 is 0 Å². The maximum absolute atomic E-state index is 13.1. The van der Waals surface area contributed by atoms with E-state index in [2.05, 4.69) is 10.3 Å². The van der Waals surface area contributed by atoms with Crippen LogP contribution in [0.3, 0.4) is 0 Å². The Kier molecular flexibility index (Phi) is 4.74. The number of nitrogens with one attached hydrogen (secondary N) is 1. The van der Waals surface area contributed by atoms with Gasteiger partial charge in [-0.25, -0.2) is 4.98 Å². The lowest BCUT2D eigenvalue weighted by Gasteiger charge is -2.17. The Hall–Kier alpha value is -2.62. The molecular formula is C22H24N2O2. The van der Waals surface area contributed by atoms with Crippen LogP contribution in [0.1, 0.15) is 54.6 Å². The van der Waals surface area contributed by atoms with Crippen molar-refractivity contribution in [1.82, 2.24) is 10.3 Å². The lowest BCUT2D eigenvalue weighted by atomic mass is 10.0. The summed E-state index contributed by atoms with van der Waals surface area (Å²) >= 11 is 0. The molecular weight excluding hydrogens is 324 g/mol. The molecule has 1 aromatic carbocycles. The van der Waals surface area contributed by atoms with E-state index in [0.717, 1.165) is 29.5 Å². The van der Waals surface area contributed by atoms with Crippen molar-refractivity contribution in [2.45, 2.75) is 51.5 Å². The summed E-state index contributed by atoms with van der Waals surface area (Å²) in [6.07, 6.45) is 7.06. The average Bonchev–Trinajstić information content (AvgIpc) is 2.93. The minimum Gasteiger partial charge on any atom is -0.460 e. The van der Waals surface area contributed by atoms with Crippen molar-refractivity contribution in [3.63, 3.8) is 0 Å². The number of benzene rings is 1. The number of rotatable bonds is 3. The first kappa shape index (κ1) is 16.8. The summed E-state index contributed by atoms with van der Waals surface area (Å²) in [5.74, 6) is 1.51. The van der Waals surface area contributed by atoms with Crippen LogP contribution in [0.4, 0.5) is 0 Å². The first-order chi connectivity index (χ1) is 12.7. The van der Waals surface area contributed by atoms with Crippen LogP contribution in [-0.4, -0.2) is 16.9 Å². The van der Waals surface area contributed by atoms with Gasteiger partial charge in [0.15, 0.2) is 5.76 Å². The molecule has 1 fully saturated rings. The van der Waals surface area contributed by atoms with Gasteiger partial charge in [-0.05, 0) is 44.0 Å². The molecule has 0 radical (unpaired) electrons. The normalized spacial score (nSPS) is 15.7. The number of fused-ring (bicyclic) bond motifs is 1. The van der Waals surface area contributed by atoms with Crippen molar-refractivity contribution in [3.05, 3.63) is 53.8 Å². The zero-order chi connectivity index (χ0) is 17.9. The first-order valence-corrected chi connectivity index (χ1v) is 9.48. The quantitative estimate of drug-likeness (QED) is 0.657. The highest BCUT2D eigenvalue weighted by Crippen LogP contribution is 2.27. The third-order valence-electron chi connectivity index (χ3n) is 5.14. The Morgan fingerprint density at radius 2 is 1.85 bits per heavy atom. The lowest BCUT2D eigenvalue weighted by Crippen LogP contribution is -2.34. The Labute approximate surface area is 153 Å². The summed E-state index contributed by atoms with van der Waals surface area (Å²) in [5.41, 5.74) is 2.18. The molecule has 4 nitrogen and oxygen atoms in total. The number of amides is 1. The highest BCUT2D eigenvalue weighted by atomic mass is 16.3. The Morgan fingerprint density at radius 3 is 2.58 bits per heavy atom. The molecule has 0 atom stereocenters. The lowest BCUT2D eigenvalue weighted by molar-refractivity contribution is 0.0935. The van der Waals surface area contributed by atoms with Crippen LogP contribution in [0.15, 0.2) is 46.9 Å². The van der Waals surface area contributed by atoms with Gasteiger partial charge in [0.05, 0.1) is 11.1 Å². The zero-order valence-corrected chi connectivity index (χ0v) is 15.1. The number of hydrogen-bond acceptors (Lipinski definition) is 3. The second-order valence-electron chi connectivity index (χ2n) is 7.14. The SMILES string of the molecule is Cc1ccc(-c2cc(C(=O)NC3CCCCCC3)c3ccccc3n2)o1. The van der Waals surface area contributed by atoms with Gasteiger partial charge >= 0.3 is 0 Å². The van der Waals surface area contributed by atoms with E-state index < -0.39 is 0 Å². The van der Waals surface area contributed by atoms with Crippen LogP contribution in [0.25, 0.3) is 22.4 Å². The minimum absolute atomic E-state index is 0.0139. The standard InChI is InChI=1S/C22H24N2O2/c1-15-12-13-21(26-15)20-14-18(17-10-6-7-11-19(17)24-20)22(25)23-16-8-4-2-3-5-9-16/h6-7,10-14,16H,2-5,8-9H2,1H3,(H,23,25). The number of aromatic nitrogens is 1. The van der Waals surface area contributed by atoms with Crippen LogP contribution in [0.5, 0.6) is 0 Å². The molecule has 1 amide bonds. The summed E-state index contributed by atoms with van der Waals surface area (Å²) in [6, 6.07) is 13.7. The zero-order valence-electron chi connectivity index (χ0n) is 15.1. The smallest absolute Gasteiger partial charge is 0.252 e. The third-order valence-corrected chi connectivity index (χ3v) is 5.14. The second kappa shape index (κ2) is 7.32. The molecule has 134 valence electrons. The van der Waals surface area contributed by atoms with Crippen LogP contribution < -0.4 is 5.32 Å². The van der Waals surface area contributed by atoms with Crippen LogP contribution in [0.2, 0.25) is 0 Å². The number of aryl methyl sites for hydroxylation is 1. The van der Waals surface area contributed by atoms with Crippen molar-refractivity contribution in [3.8, 4) is 11.5 Å². The second-order valence-corrected chi connectivity index (χ2v) is 7.14. The van der Waals surface area contributed by atoms with Gasteiger partial charge in [0.25, 0.3) is 5.91 Å². The van der Waals surface area contributed by atoms with E-state index in [1.807, 2.05) is 49.4 Å². The van der Waals surface area contributed by atoms with E-state index in [-0.39, 0.29) is 11.9 Å². The fourth-order valence-electron chi connectivity index (χ4n) is 3.75. The minimum atomic E-state index is -0.0139. The fourth-order valence-corrected chi connectivity index (χ4v) is 3.75. The Bertz CT molecular complexity index is 921. The number of carbonyl (C=O) groups excluding carboxylic acids is 1. The molecule has 3 aromatic rings. The van der Waals surface area contributed by atoms with Gasteiger partial charge < -0.3 is 9.73 Å². The maximum Gasteiger partial charge on any atom is 0.252 e. The van der Waals surface area contributed by atoms with E-state index in [9.17, 15) is 4.79 Å². The van der Waals surface area contributed by atoms with Crippen molar-refractivity contribution in [2.75, 3.05) is 0 Å². The van der Waals surface area contributed by atoms with Crippen molar-refractivity contribution in [1.29, 1.82) is 0 Å². The highest BCUT2D eigenvalue weighted by molar-refractivity contribution is 6.07. The summed E-state index contributed by atoms with van der Waals surface area (Å²) in [4.78, 5) is 17.7. The van der Waals surface area contributed by atoms with Crippen molar-refractivity contribution >= 4 is 16.8 Å². The highest BCUT2D eigenvalue weighted by Gasteiger charge is 2.19. The van der Waals surface area contributed by atoms with E-state index in [1.54, 1.807) is 0 Å². The van der Waals surface area contributed by atoms with Crippen molar-refractivity contribution < 1.29 is 9.21 Å². The largest absolute Gasteiger partial charge is 0.460 e. The monoisotopic (exact) mass is 348 g/mol. The summed E-state index contributed by atoms with van der Waals surface area (Å²) in [5, 5.41) is 4.13. The number of nitrogens with zero attached hydrogens (tertiary/aromatic N) is 1. The number of para-hydroxylation sites is 1. The number of furan rings is 1. The molecule has 0 saturated heterocycles. The van der Waals surface area contributed by atoms with Crippen LogP contribution in [-0.2, 0) is 0 Å². The summed E-state index contributed by atoms with van der Waals surface area (Å²) < 4.78 is 5.73.